The average Bonchev–Trinajstić information content (AvgIpc) is 2.14. The number of hydrogen-bond donors (Lipinski definition) is 2. The van der Waals surface area contributed by atoms with E-state index in [1.165, 1.54) is 19.2 Å². The van der Waals surface area contributed by atoms with Gasteiger partial charge in [-0.2, -0.15) is 0 Å². The van der Waals surface area contributed by atoms with Gasteiger partial charge in [0.1, 0.15) is 4.90 Å². The molecule has 0 bridgehead atoms. The van der Waals surface area contributed by atoms with Crippen LogP contribution < -0.4 is 10.0 Å². The van der Waals surface area contributed by atoms with Crippen LogP contribution in [-0.4, -0.2) is 21.5 Å². The number of amides is 2. The lowest BCUT2D eigenvalue weighted by Crippen LogP contribution is -2.37. The van der Waals surface area contributed by atoms with Crippen LogP contribution in [0, 0.1) is 0 Å². The van der Waals surface area contributed by atoms with Crippen LogP contribution in [0.3, 0.4) is 0 Å². The monoisotopic (exact) mass is 316 g/mol. The van der Waals surface area contributed by atoms with Crippen molar-refractivity contribution in [3.05, 3.63) is 27.2 Å². The molecule has 0 unspecified atom stereocenters. The third-order valence-corrected chi connectivity index (χ3v) is 4.16. The van der Waals surface area contributed by atoms with Gasteiger partial charge in [0.15, 0.2) is 0 Å². The van der Waals surface area contributed by atoms with Crippen LogP contribution in [0.2, 0.25) is 15.1 Å². The summed E-state index contributed by atoms with van der Waals surface area (Å²) in [4.78, 5) is 10.6. The van der Waals surface area contributed by atoms with E-state index in [4.69, 9.17) is 34.8 Å². The summed E-state index contributed by atoms with van der Waals surface area (Å²) >= 11 is 17.1. The molecule has 1 aromatic rings. The van der Waals surface area contributed by atoms with Gasteiger partial charge in [0.25, 0.3) is 10.0 Å². The second-order valence-corrected chi connectivity index (χ2v) is 5.75. The third-order valence-electron chi connectivity index (χ3n) is 1.69. The van der Waals surface area contributed by atoms with Gasteiger partial charge in [-0.05, 0) is 12.1 Å². The Balaban J connectivity index is 3.29. The van der Waals surface area contributed by atoms with E-state index in [0.717, 1.165) is 0 Å². The zero-order chi connectivity index (χ0) is 13.2. The van der Waals surface area contributed by atoms with Crippen LogP contribution in [0.4, 0.5) is 4.79 Å². The van der Waals surface area contributed by atoms with Crippen LogP contribution >= 0.6 is 34.8 Å². The van der Waals surface area contributed by atoms with E-state index in [2.05, 4.69) is 5.32 Å². The van der Waals surface area contributed by atoms with Crippen molar-refractivity contribution in [2.45, 2.75) is 4.90 Å². The van der Waals surface area contributed by atoms with E-state index in [1.54, 1.807) is 4.72 Å². The number of carbonyl (C=O) groups excluding carboxylic acids is 1. The van der Waals surface area contributed by atoms with Gasteiger partial charge < -0.3 is 5.32 Å². The Morgan fingerprint density at radius 1 is 1.18 bits per heavy atom. The van der Waals surface area contributed by atoms with Gasteiger partial charge >= 0.3 is 6.03 Å². The van der Waals surface area contributed by atoms with Crippen LogP contribution in [0.5, 0.6) is 0 Å². The number of urea groups is 1. The first-order valence-corrected chi connectivity index (χ1v) is 6.78. The van der Waals surface area contributed by atoms with Crippen molar-refractivity contribution >= 4 is 50.9 Å². The molecule has 0 aliphatic carbocycles. The summed E-state index contributed by atoms with van der Waals surface area (Å²) in [6.45, 7) is 0. The number of rotatable bonds is 2. The summed E-state index contributed by atoms with van der Waals surface area (Å²) in [6, 6.07) is 1.54. The Bertz CT molecular complexity index is 536. The van der Waals surface area contributed by atoms with Gasteiger partial charge in [-0.25, -0.2) is 17.9 Å². The summed E-state index contributed by atoms with van der Waals surface area (Å²) in [5.41, 5.74) is 0. The molecule has 0 aliphatic heterocycles. The summed E-state index contributed by atoms with van der Waals surface area (Å²) in [5, 5.41) is 1.96. The van der Waals surface area contributed by atoms with E-state index in [0.29, 0.717) is 0 Å². The van der Waals surface area contributed by atoms with Gasteiger partial charge in [0, 0.05) is 12.1 Å². The highest BCUT2D eigenvalue weighted by Crippen LogP contribution is 2.32. The van der Waals surface area contributed by atoms with Crippen molar-refractivity contribution in [3.8, 4) is 0 Å². The molecule has 0 aromatic heterocycles. The van der Waals surface area contributed by atoms with Gasteiger partial charge in [0.05, 0.1) is 10.0 Å². The maximum Gasteiger partial charge on any atom is 0.328 e. The summed E-state index contributed by atoms with van der Waals surface area (Å²) in [5.74, 6) is 0. The smallest absolute Gasteiger partial charge is 0.328 e. The first-order chi connectivity index (χ1) is 7.77. The van der Waals surface area contributed by atoms with Crippen molar-refractivity contribution in [2.75, 3.05) is 7.05 Å². The first kappa shape index (κ1) is 14.4. The molecule has 0 saturated carbocycles. The quantitative estimate of drug-likeness (QED) is 0.878. The fourth-order valence-corrected chi connectivity index (χ4v) is 3.52. The van der Waals surface area contributed by atoms with E-state index in [9.17, 15) is 13.2 Å². The lowest BCUT2D eigenvalue weighted by molar-refractivity contribution is 0.248. The molecule has 0 fully saturated rings. The SMILES string of the molecule is CNC(=O)NS(=O)(=O)c1c(Cl)cc(Cl)cc1Cl. The summed E-state index contributed by atoms with van der Waals surface area (Å²) in [6.07, 6.45) is 0. The Kier molecular flexibility index (Phi) is 4.48. The second kappa shape index (κ2) is 5.30. The van der Waals surface area contributed by atoms with Crippen molar-refractivity contribution in [2.24, 2.45) is 0 Å². The molecule has 5 nitrogen and oxygen atoms in total. The Morgan fingerprint density at radius 3 is 2.06 bits per heavy atom. The molecule has 17 heavy (non-hydrogen) atoms. The topological polar surface area (TPSA) is 75.3 Å². The Morgan fingerprint density at radius 2 is 1.65 bits per heavy atom. The van der Waals surface area contributed by atoms with Crippen molar-refractivity contribution in [3.63, 3.8) is 0 Å². The van der Waals surface area contributed by atoms with Gasteiger partial charge in [-0.3, -0.25) is 0 Å². The fourth-order valence-electron chi connectivity index (χ4n) is 1.01. The zero-order valence-electron chi connectivity index (χ0n) is 8.42. The molecule has 94 valence electrons. The molecule has 0 saturated heterocycles. The zero-order valence-corrected chi connectivity index (χ0v) is 11.5. The molecular weight excluding hydrogens is 311 g/mol. The molecule has 1 aromatic carbocycles. The lowest BCUT2D eigenvalue weighted by atomic mass is 10.4. The van der Waals surface area contributed by atoms with E-state index in [1.807, 2.05) is 0 Å². The summed E-state index contributed by atoms with van der Waals surface area (Å²) < 4.78 is 25.3. The van der Waals surface area contributed by atoms with Crippen molar-refractivity contribution < 1.29 is 13.2 Å². The second-order valence-electron chi connectivity index (χ2n) is 2.88. The average molecular weight is 318 g/mol. The van der Waals surface area contributed by atoms with Crippen LogP contribution in [0.1, 0.15) is 0 Å². The maximum absolute atomic E-state index is 11.8. The van der Waals surface area contributed by atoms with Crippen LogP contribution in [0.15, 0.2) is 17.0 Å². The molecule has 0 atom stereocenters. The lowest BCUT2D eigenvalue weighted by Gasteiger charge is -2.09. The first-order valence-electron chi connectivity index (χ1n) is 4.17. The highest BCUT2D eigenvalue weighted by Gasteiger charge is 2.24. The Hall–Kier alpha value is -0.690. The normalized spacial score (nSPS) is 11.1. The van der Waals surface area contributed by atoms with Crippen molar-refractivity contribution in [1.29, 1.82) is 0 Å². The fraction of sp³-hybridized carbons (Fsp3) is 0.125. The van der Waals surface area contributed by atoms with E-state index >= 15 is 0 Å². The minimum Gasteiger partial charge on any atom is -0.340 e. The maximum atomic E-state index is 11.8. The van der Waals surface area contributed by atoms with Crippen molar-refractivity contribution in [1.82, 2.24) is 10.0 Å². The largest absolute Gasteiger partial charge is 0.340 e. The van der Waals surface area contributed by atoms with Gasteiger partial charge in [-0.1, -0.05) is 34.8 Å². The molecule has 2 N–H and O–H groups in total. The minimum absolute atomic E-state index is 0.168. The number of carbonyl (C=O) groups is 1. The van der Waals surface area contributed by atoms with E-state index < -0.39 is 20.9 Å². The molecular formula is C8H7Cl3N2O3S. The third kappa shape index (κ3) is 3.38. The Labute approximate surface area is 113 Å². The molecule has 9 heteroatoms. The number of hydrogen-bond acceptors (Lipinski definition) is 3. The highest BCUT2D eigenvalue weighted by atomic mass is 35.5. The molecule has 1 rings (SSSR count). The molecule has 0 heterocycles. The van der Waals surface area contributed by atoms with Gasteiger partial charge in [0.2, 0.25) is 0 Å². The molecule has 0 spiro atoms. The molecule has 0 aliphatic rings. The van der Waals surface area contributed by atoms with Crippen LogP contribution in [0.25, 0.3) is 0 Å². The number of nitrogens with one attached hydrogen (secondary N) is 2. The highest BCUT2D eigenvalue weighted by molar-refractivity contribution is 7.90. The number of benzene rings is 1. The van der Waals surface area contributed by atoms with Gasteiger partial charge in [-0.15, -0.1) is 0 Å². The van der Waals surface area contributed by atoms with E-state index in [-0.39, 0.29) is 15.1 Å². The van der Waals surface area contributed by atoms with Crippen LogP contribution in [-0.2, 0) is 10.0 Å². The summed E-state index contributed by atoms with van der Waals surface area (Å²) in [7, 11) is -2.86. The molecule has 0 radical (unpaired) electrons. The molecule has 2 amide bonds. The minimum atomic E-state index is -4.13. The standard InChI is InChI=1S/C8H7Cl3N2O3S/c1-12-8(14)13-17(15,16)7-5(10)2-4(9)3-6(7)11/h2-3H,1H3,(H2,12,13,14). The predicted octanol–water partition coefficient (Wildman–Crippen LogP) is 2.26. The number of halogens is 3. The predicted molar refractivity (Wildman–Crippen MR) is 66.2 cm³/mol. The number of sulfonamides is 1.